The topological polar surface area (TPSA) is 88.9 Å². The summed E-state index contributed by atoms with van der Waals surface area (Å²) in [4.78, 5) is 32.9. The van der Waals surface area contributed by atoms with Crippen LogP contribution in [0.4, 0.5) is 5.69 Å². The Morgan fingerprint density at radius 2 is 2.00 bits per heavy atom. The number of imidazole rings is 1. The van der Waals surface area contributed by atoms with Crippen molar-refractivity contribution in [1.29, 1.82) is 0 Å². The van der Waals surface area contributed by atoms with Crippen LogP contribution in [0, 0.1) is 6.92 Å². The predicted molar refractivity (Wildman–Crippen MR) is 113 cm³/mol. The van der Waals surface area contributed by atoms with Crippen molar-refractivity contribution in [3.63, 3.8) is 0 Å². The van der Waals surface area contributed by atoms with Gasteiger partial charge in [-0.3, -0.25) is 14.6 Å². The van der Waals surface area contributed by atoms with Gasteiger partial charge in [-0.2, -0.15) is 0 Å². The van der Waals surface area contributed by atoms with Crippen molar-refractivity contribution in [2.45, 2.75) is 33.9 Å². The number of rotatable bonds is 8. The van der Waals surface area contributed by atoms with Crippen LogP contribution in [0.5, 0.6) is 0 Å². The quantitative estimate of drug-likeness (QED) is 0.576. The lowest BCUT2D eigenvalue weighted by atomic mass is 10.1. The van der Waals surface area contributed by atoms with Crippen LogP contribution in [0.2, 0.25) is 0 Å². The first kappa shape index (κ1) is 20.4. The SMILES string of the molecule is CCn1cnc(-c2cnc(C(C)=O)c(NC(=O)CNCc3cccc(C)c3)c2)c1. The lowest BCUT2D eigenvalue weighted by molar-refractivity contribution is -0.115. The molecule has 0 saturated heterocycles. The van der Waals surface area contributed by atoms with Crippen LogP contribution in [0.15, 0.2) is 49.1 Å². The number of benzene rings is 1. The molecule has 7 nitrogen and oxygen atoms in total. The monoisotopic (exact) mass is 391 g/mol. The van der Waals surface area contributed by atoms with E-state index in [-0.39, 0.29) is 23.9 Å². The Morgan fingerprint density at radius 1 is 1.17 bits per heavy atom. The summed E-state index contributed by atoms with van der Waals surface area (Å²) < 4.78 is 1.95. The van der Waals surface area contributed by atoms with Crippen molar-refractivity contribution >= 4 is 17.4 Å². The van der Waals surface area contributed by atoms with Gasteiger partial charge in [0.05, 0.1) is 24.3 Å². The van der Waals surface area contributed by atoms with E-state index in [0.29, 0.717) is 12.2 Å². The lowest BCUT2D eigenvalue weighted by Gasteiger charge is -2.11. The second-order valence-electron chi connectivity index (χ2n) is 6.91. The minimum absolute atomic E-state index is 0.125. The lowest BCUT2D eigenvalue weighted by Crippen LogP contribution is -2.28. The predicted octanol–water partition coefficient (Wildman–Crippen LogP) is 3.20. The zero-order valence-electron chi connectivity index (χ0n) is 16.9. The number of Topliss-reactive ketones (excluding diaryl/α,β-unsaturated/α-hetero) is 1. The Kier molecular flexibility index (Phi) is 6.51. The van der Waals surface area contributed by atoms with Crippen molar-refractivity contribution in [2.75, 3.05) is 11.9 Å². The van der Waals surface area contributed by atoms with Gasteiger partial charge in [0.1, 0.15) is 5.69 Å². The number of aryl methyl sites for hydroxylation is 2. The molecule has 0 radical (unpaired) electrons. The van der Waals surface area contributed by atoms with E-state index in [1.54, 1.807) is 18.6 Å². The molecule has 2 N–H and O–H groups in total. The summed E-state index contributed by atoms with van der Waals surface area (Å²) in [6, 6.07) is 9.84. The first-order valence-corrected chi connectivity index (χ1v) is 9.55. The Labute approximate surface area is 170 Å². The number of carbonyl (C=O) groups excluding carboxylic acids is 2. The van der Waals surface area contributed by atoms with E-state index in [4.69, 9.17) is 0 Å². The largest absolute Gasteiger partial charge is 0.337 e. The van der Waals surface area contributed by atoms with Crippen LogP contribution in [0.25, 0.3) is 11.3 Å². The maximum atomic E-state index is 12.4. The van der Waals surface area contributed by atoms with Gasteiger partial charge in [-0.05, 0) is 25.5 Å². The van der Waals surface area contributed by atoms with Crippen molar-refractivity contribution in [2.24, 2.45) is 0 Å². The molecule has 0 aliphatic heterocycles. The molecular formula is C22H25N5O2. The first-order valence-electron chi connectivity index (χ1n) is 9.55. The molecule has 1 aromatic carbocycles. The van der Waals surface area contributed by atoms with Gasteiger partial charge in [-0.15, -0.1) is 0 Å². The van der Waals surface area contributed by atoms with E-state index in [2.05, 4.69) is 26.7 Å². The molecule has 0 atom stereocenters. The Hall–Kier alpha value is -3.32. The van der Waals surface area contributed by atoms with Gasteiger partial charge in [0.15, 0.2) is 5.78 Å². The Bertz CT molecular complexity index is 1030. The van der Waals surface area contributed by atoms with Gasteiger partial charge in [-0.25, -0.2) is 4.98 Å². The fourth-order valence-corrected chi connectivity index (χ4v) is 3.00. The number of anilines is 1. The van der Waals surface area contributed by atoms with Crippen LogP contribution in [-0.4, -0.2) is 32.8 Å². The third-order valence-electron chi connectivity index (χ3n) is 4.49. The van der Waals surface area contributed by atoms with E-state index in [9.17, 15) is 9.59 Å². The number of ketones is 1. The van der Waals surface area contributed by atoms with E-state index >= 15 is 0 Å². The van der Waals surface area contributed by atoms with Crippen LogP contribution in [0.1, 0.15) is 35.5 Å². The molecule has 2 heterocycles. The fourth-order valence-electron chi connectivity index (χ4n) is 3.00. The highest BCUT2D eigenvalue weighted by atomic mass is 16.2. The van der Waals surface area contributed by atoms with Crippen molar-refractivity contribution in [3.8, 4) is 11.3 Å². The average molecular weight is 391 g/mol. The number of nitrogens with one attached hydrogen (secondary N) is 2. The number of hydrogen-bond acceptors (Lipinski definition) is 5. The molecule has 0 aliphatic rings. The number of nitrogens with zero attached hydrogens (tertiary/aromatic N) is 3. The van der Waals surface area contributed by atoms with Gasteiger partial charge in [-0.1, -0.05) is 29.8 Å². The molecule has 3 aromatic rings. The molecule has 29 heavy (non-hydrogen) atoms. The molecule has 0 bridgehead atoms. The van der Waals surface area contributed by atoms with E-state index in [0.717, 1.165) is 23.4 Å². The molecule has 1 amide bonds. The third-order valence-corrected chi connectivity index (χ3v) is 4.49. The van der Waals surface area contributed by atoms with Gasteiger partial charge >= 0.3 is 0 Å². The summed E-state index contributed by atoms with van der Waals surface area (Å²) in [7, 11) is 0. The van der Waals surface area contributed by atoms with E-state index in [1.165, 1.54) is 12.5 Å². The van der Waals surface area contributed by atoms with Gasteiger partial charge in [0.25, 0.3) is 0 Å². The Morgan fingerprint density at radius 3 is 2.69 bits per heavy atom. The molecule has 0 spiro atoms. The second-order valence-corrected chi connectivity index (χ2v) is 6.91. The minimum atomic E-state index is -0.238. The molecule has 0 saturated carbocycles. The molecule has 0 unspecified atom stereocenters. The van der Waals surface area contributed by atoms with Crippen molar-refractivity contribution < 1.29 is 9.59 Å². The van der Waals surface area contributed by atoms with Gasteiger partial charge < -0.3 is 15.2 Å². The molecule has 150 valence electrons. The zero-order valence-corrected chi connectivity index (χ0v) is 16.9. The summed E-state index contributed by atoms with van der Waals surface area (Å²) in [6.45, 7) is 7.00. The summed E-state index contributed by atoms with van der Waals surface area (Å²) in [5, 5.41) is 5.92. The number of carbonyl (C=O) groups is 2. The van der Waals surface area contributed by atoms with E-state index < -0.39 is 0 Å². The number of pyridine rings is 1. The number of hydrogen-bond donors (Lipinski definition) is 2. The average Bonchev–Trinajstić information content (AvgIpc) is 3.17. The molecule has 0 aliphatic carbocycles. The fraction of sp³-hybridized carbons (Fsp3) is 0.273. The summed E-state index contributed by atoms with van der Waals surface area (Å²) in [5.41, 5.74) is 4.39. The summed E-state index contributed by atoms with van der Waals surface area (Å²) in [6.07, 6.45) is 5.24. The molecule has 7 heteroatoms. The standard InChI is InChI=1S/C22H25N5O2/c1-4-27-13-20(25-14-27)18-9-19(22(16(3)28)24-11-18)26-21(29)12-23-10-17-7-5-6-15(2)8-17/h5-9,11,13-14,23H,4,10,12H2,1-3H3,(H,26,29). The number of aromatic nitrogens is 3. The highest BCUT2D eigenvalue weighted by Crippen LogP contribution is 2.23. The van der Waals surface area contributed by atoms with Crippen LogP contribution in [-0.2, 0) is 17.9 Å². The number of amides is 1. The third kappa shape index (κ3) is 5.36. The second kappa shape index (κ2) is 9.25. The van der Waals surface area contributed by atoms with E-state index in [1.807, 2.05) is 42.8 Å². The summed E-state index contributed by atoms with van der Waals surface area (Å²) in [5.74, 6) is -0.447. The smallest absolute Gasteiger partial charge is 0.238 e. The van der Waals surface area contributed by atoms with Crippen LogP contribution in [0.3, 0.4) is 0 Å². The Balaban J connectivity index is 1.69. The molecular weight excluding hydrogens is 366 g/mol. The van der Waals surface area contributed by atoms with Gasteiger partial charge in [0, 0.05) is 38.0 Å². The van der Waals surface area contributed by atoms with Crippen molar-refractivity contribution in [1.82, 2.24) is 19.9 Å². The maximum Gasteiger partial charge on any atom is 0.238 e. The van der Waals surface area contributed by atoms with Crippen molar-refractivity contribution in [3.05, 3.63) is 65.9 Å². The maximum absolute atomic E-state index is 12.4. The van der Waals surface area contributed by atoms with Crippen LogP contribution >= 0.6 is 0 Å². The van der Waals surface area contributed by atoms with Crippen LogP contribution < -0.4 is 10.6 Å². The minimum Gasteiger partial charge on any atom is -0.337 e. The summed E-state index contributed by atoms with van der Waals surface area (Å²) >= 11 is 0. The molecule has 2 aromatic heterocycles. The highest BCUT2D eigenvalue weighted by molar-refractivity contribution is 6.03. The molecule has 0 fully saturated rings. The zero-order chi connectivity index (χ0) is 20.8. The highest BCUT2D eigenvalue weighted by Gasteiger charge is 2.14. The first-order chi connectivity index (χ1) is 14.0. The molecule has 3 rings (SSSR count). The van der Waals surface area contributed by atoms with Gasteiger partial charge in [0.2, 0.25) is 5.91 Å². The normalized spacial score (nSPS) is 10.7.